The van der Waals surface area contributed by atoms with Crippen molar-refractivity contribution in [1.82, 2.24) is 9.80 Å². The van der Waals surface area contributed by atoms with Crippen molar-refractivity contribution in [2.75, 3.05) is 45.6 Å². The topological polar surface area (TPSA) is 41.7 Å². The van der Waals surface area contributed by atoms with Gasteiger partial charge >= 0.3 is 0 Å². The van der Waals surface area contributed by atoms with Gasteiger partial charge in [-0.3, -0.25) is 4.90 Å². The van der Waals surface area contributed by atoms with Crippen molar-refractivity contribution in [2.45, 2.75) is 13.0 Å². The largest absolute Gasteiger partial charge is 0.492 e. The van der Waals surface area contributed by atoms with Crippen LogP contribution in [0.15, 0.2) is 24.3 Å². The van der Waals surface area contributed by atoms with E-state index in [1.807, 2.05) is 24.3 Å². The Morgan fingerprint density at radius 2 is 2.22 bits per heavy atom. The molecule has 4 heteroatoms. The molecule has 0 aliphatic carbocycles. The van der Waals surface area contributed by atoms with Crippen molar-refractivity contribution >= 4 is 5.69 Å². The fourth-order valence-corrected chi connectivity index (χ4v) is 2.39. The van der Waals surface area contributed by atoms with Gasteiger partial charge in [-0.15, -0.1) is 0 Å². The predicted molar refractivity (Wildman–Crippen MR) is 74.9 cm³/mol. The quantitative estimate of drug-likeness (QED) is 0.816. The van der Waals surface area contributed by atoms with Crippen LogP contribution in [-0.4, -0.2) is 55.7 Å². The van der Waals surface area contributed by atoms with Crippen molar-refractivity contribution in [3.8, 4) is 5.75 Å². The smallest absolute Gasteiger partial charge is 0.121 e. The average Bonchev–Trinajstić information content (AvgIpc) is 2.32. The Labute approximate surface area is 109 Å². The molecule has 0 spiro atoms. The molecule has 1 unspecified atom stereocenters. The Morgan fingerprint density at radius 3 is 2.94 bits per heavy atom. The lowest BCUT2D eigenvalue weighted by Crippen LogP contribution is -2.51. The minimum absolute atomic E-state index is 0.605. The van der Waals surface area contributed by atoms with Crippen molar-refractivity contribution in [1.29, 1.82) is 0 Å². The number of rotatable bonds is 4. The average molecular weight is 249 g/mol. The molecule has 0 aromatic heterocycles. The lowest BCUT2D eigenvalue weighted by molar-refractivity contribution is 0.0858. The second-order valence-electron chi connectivity index (χ2n) is 5.07. The molecule has 1 saturated heterocycles. The zero-order valence-corrected chi connectivity index (χ0v) is 11.3. The molecule has 0 amide bonds. The van der Waals surface area contributed by atoms with Gasteiger partial charge in [0.1, 0.15) is 12.4 Å². The summed E-state index contributed by atoms with van der Waals surface area (Å²) in [7, 11) is 2.18. The van der Waals surface area contributed by atoms with E-state index in [0.717, 1.165) is 44.2 Å². The number of nitrogens with two attached hydrogens (primary N) is 1. The fourth-order valence-electron chi connectivity index (χ4n) is 2.39. The Hall–Kier alpha value is -1.26. The monoisotopic (exact) mass is 249 g/mol. The van der Waals surface area contributed by atoms with Crippen LogP contribution in [-0.2, 0) is 0 Å². The summed E-state index contributed by atoms with van der Waals surface area (Å²) in [6, 6.07) is 8.21. The Morgan fingerprint density at radius 1 is 1.39 bits per heavy atom. The summed E-state index contributed by atoms with van der Waals surface area (Å²) < 4.78 is 5.73. The van der Waals surface area contributed by atoms with Crippen LogP contribution in [0.1, 0.15) is 6.92 Å². The van der Waals surface area contributed by atoms with E-state index >= 15 is 0 Å². The van der Waals surface area contributed by atoms with Crippen LogP contribution in [0, 0.1) is 0 Å². The third-order valence-corrected chi connectivity index (χ3v) is 3.47. The molecule has 2 N–H and O–H groups in total. The van der Waals surface area contributed by atoms with Gasteiger partial charge in [0, 0.05) is 44.0 Å². The second kappa shape index (κ2) is 6.07. The van der Waals surface area contributed by atoms with Gasteiger partial charge < -0.3 is 15.4 Å². The molecule has 1 aliphatic heterocycles. The minimum atomic E-state index is 0.605. The lowest BCUT2D eigenvalue weighted by Gasteiger charge is -2.38. The zero-order chi connectivity index (χ0) is 13.0. The molecule has 2 rings (SSSR count). The third-order valence-electron chi connectivity index (χ3n) is 3.47. The van der Waals surface area contributed by atoms with Crippen molar-refractivity contribution < 1.29 is 4.74 Å². The van der Waals surface area contributed by atoms with Crippen molar-refractivity contribution in [2.24, 2.45) is 0 Å². The van der Waals surface area contributed by atoms with E-state index in [0.29, 0.717) is 6.04 Å². The first-order chi connectivity index (χ1) is 8.65. The summed E-state index contributed by atoms with van der Waals surface area (Å²) in [6.45, 7) is 7.37. The van der Waals surface area contributed by atoms with Gasteiger partial charge in [-0.05, 0) is 26.1 Å². The van der Waals surface area contributed by atoms with E-state index in [2.05, 4.69) is 23.8 Å². The molecule has 4 nitrogen and oxygen atoms in total. The van der Waals surface area contributed by atoms with Crippen LogP contribution in [0.4, 0.5) is 5.69 Å². The predicted octanol–water partition coefficient (Wildman–Crippen LogP) is 1.28. The highest BCUT2D eigenvalue weighted by Gasteiger charge is 2.20. The van der Waals surface area contributed by atoms with Crippen molar-refractivity contribution in [3.05, 3.63) is 24.3 Å². The van der Waals surface area contributed by atoms with Crippen LogP contribution < -0.4 is 10.5 Å². The summed E-state index contributed by atoms with van der Waals surface area (Å²) in [6.07, 6.45) is 0. The van der Waals surface area contributed by atoms with E-state index in [9.17, 15) is 0 Å². The van der Waals surface area contributed by atoms with Crippen LogP contribution in [0.2, 0.25) is 0 Å². The Kier molecular flexibility index (Phi) is 4.44. The molecule has 100 valence electrons. The molecule has 1 atom stereocenters. The van der Waals surface area contributed by atoms with E-state index in [4.69, 9.17) is 10.5 Å². The van der Waals surface area contributed by atoms with Gasteiger partial charge in [-0.1, -0.05) is 6.07 Å². The van der Waals surface area contributed by atoms with Crippen LogP contribution in [0.5, 0.6) is 5.75 Å². The maximum Gasteiger partial charge on any atom is 0.121 e. The summed E-state index contributed by atoms with van der Waals surface area (Å²) >= 11 is 0. The summed E-state index contributed by atoms with van der Waals surface area (Å²) in [5.74, 6) is 0.858. The summed E-state index contributed by atoms with van der Waals surface area (Å²) in [4.78, 5) is 4.85. The highest BCUT2D eigenvalue weighted by atomic mass is 16.5. The number of anilines is 1. The number of nitrogen functional groups attached to an aromatic ring is 1. The number of hydrogen-bond acceptors (Lipinski definition) is 4. The van der Waals surface area contributed by atoms with Gasteiger partial charge in [0.05, 0.1) is 0 Å². The van der Waals surface area contributed by atoms with Gasteiger partial charge in [-0.25, -0.2) is 0 Å². The second-order valence-corrected chi connectivity index (χ2v) is 5.07. The van der Waals surface area contributed by atoms with Crippen LogP contribution in [0.25, 0.3) is 0 Å². The first kappa shape index (κ1) is 13.2. The van der Waals surface area contributed by atoms with Crippen LogP contribution >= 0.6 is 0 Å². The molecule has 1 aliphatic rings. The molecular weight excluding hydrogens is 226 g/mol. The minimum Gasteiger partial charge on any atom is -0.492 e. The molecule has 1 aromatic carbocycles. The highest BCUT2D eigenvalue weighted by Crippen LogP contribution is 2.14. The van der Waals surface area contributed by atoms with Crippen LogP contribution in [0.3, 0.4) is 0 Å². The normalized spacial score (nSPS) is 22.0. The van der Waals surface area contributed by atoms with Gasteiger partial charge in [-0.2, -0.15) is 0 Å². The molecule has 0 saturated carbocycles. The molecule has 1 heterocycles. The number of hydrogen-bond donors (Lipinski definition) is 1. The lowest BCUT2D eigenvalue weighted by atomic mass is 10.2. The first-order valence-electron chi connectivity index (χ1n) is 6.56. The van der Waals surface area contributed by atoms with E-state index in [1.54, 1.807) is 0 Å². The molecule has 18 heavy (non-hydrogen) atoms. The Bertz CT molecular complexity index is 383. The van der Waals surface area contributed by atoms with E-state index in [1.165, 1.54) is 0 Å². The van der Waals surface area contributed by atoms with E-state index in [-0.39, 0.29) is 0 Å². The summed E-state index contributed by atoms with van der Waals surface area (Å²) in [5, 5.41) is 0. The SMILES string of the molecule is CC1CN(C)CCN1CCOc1cccc(N)c1. The van der Waals surface area contributed by atoms with Gasteiger partial charge in [0.15, 0.2) is 0 Å². The van der Waals surface area contributed by atoms with Gasteiger partial charge in [0.25, 0.3) is 0 Å². The number of likely N-dealkylation sites (N-methyl/N-ethyl adjacent to an activating group) is 1. The maximum absolute atomic E-state index is 5.73. The molecule has 0 radical (unpaired) electrons. The summed E-state index contributed by atoms with van der Waals surface area (Å²) in [5.41, 5.74) is 6.46. The standard InChI is InChI=1S/C14H23N3O/c1-12-11-16(2)6-7-17(12)8-9-18-14-5-3-4-13(15)10-14/h3-5,10,12H,6-9,11,15H2,1-2H3. The number of benzene rings is 1. The molecule has 1 fully saturated rings. The fraction of sp³-hybridized carbons (Fsp3) is 0.571. The molecule has 1 aromatic rings. The zero-order valence-electron chi connectivity index (χ0n) is 11.3. The number of nitrogens with zero attached hydrogens (tertiary/aromatic N) is 2. The van der Waals surface area contributed by atoms with Gasteiger partial charge in [0.2, 0.25) is 0 Å². The molecule has 0 bridgehead atoms. The Balaban J connectivity index is 1.75. The third kappa shape index (κ3) is 3.62. The molecular formula is C14H23N3O. The number of piperazine rings is 1. The highest BCUT2D eigenvalue weighted by molar-refractivity contribution is 5.43. The maximum atomic E-state index is 5.73. The number of ether oxygens (including phenoxy) is 1. The van der Waals surface area contributed by atoms with Crippen molar-refractivity contribution in [3.63, 3.8) is 0 Å². The first-order valence-corrected chi connectivity index (χ1v) is 6.56. The van der Waals surface area contributed by atoms with E-state index < -0.39 is 0 Å².